The van der Waals surface area contributed by atoms with Crippen molar-refractivity contribution in [3.63, 3.8) is 0 Å². The zero-order valence-electron chi connectivity index (χ0n) is 16.0. The Morgan fingerprint density at radius 3 is 2.43 bits per heavy atom. The predicted molar refractivity (Wildman–Crippen MR) is 107 cm³/mol. The maximum absolute atomic E-state index is 12.6. The van der Waals surface area contributed by atoms with E-state index in [0.29, 0.717) is 10.6 Å². The van der Waals surface area contributed by atoms with Crippen molar-refractivity contribution in [3.8, 4) is 10.6 Å². The summed E-state index contributed by atoms with van der Waals surface area (Å²) < 4.78 is 0. The predicted octanol–water partition coefficient (Wildman–Crippen LogP) is 2.57. The van der Waals surface area contributed by atoms with E-state index in [9.17, 15) is 14.4 Å². The average molecular weight is 401 g/mol. The lowest BCUT2D eigenvalue weighted by atomic mass is 9.97. The van der Waals surface area contributed by atoms with Crippen LogP contribution in [0.25, 0.3) is 10.6 Å². The minimum absolute atomic E-state index is 0.0932. The van der Waals surface area contributed by atoms with E-state index in [0.717, 1.165) is 36.3 Å². The van der Waals surface area contributed by atoms with E-state index in [4.69, 9.17) is 0 Å². The van der Waals surface area contributed by atoms with Gasteiger partial charge in [-0.25, -0.2) is 4.98 Å². The number of hydrogen-bond acceptors (Lipinski definition) is 5. The molecule has 3 amide bonds. The summed E-state index contributed by atoms with van der Waals surface area (Å²) >= 11 is 1.27. The van der Waals surface area contributed by atoms with Crippen molar-refractivity contribution in [2.75, 3.05) is 0 Å². The standard InChI is InChI=1S/C20H24N4O3S/c1-12-17(28-20(21-12)15-10-4-3-5-11-15)19(27)24-23-18(26)16(22-13(2)25)14-8-6-7-9-14/h3-5,10-11,14,16H,6-9H2,1-2H3,(H,22,25)(H,23,26)(H,24,27). The van der Waals surface area contributed by atoms with Crippen LogP contribution in [-0.2, 0) is 9.59 Å². The summed E-state index contributed by atoms with van der Waals surface area (Å²) in [5.74, 6) is -0.987. The normalized spacial score (nSPS) is 15.1. The number of nitrogens with one attached hydrogen (secondary N) is 3. The van der Waals surface area contributed by atoms with Crippen LogP contribution in [0.2, 0.25) is 0 Å². The van der Waals surface area contributed by atoms with Crippen molar-refractivity contribution in [1.82, 2.24) is 21.2 Å². The Morgan fingerprint density at radius 1 is 1.11 bits per heavy atom. The first-order valence-corrected chi connectivity index (χ1v) is 10.2. The fraction of sp³-hybridized carbons (Fsp3) is 0.400. The van der Waals surface area contributed by atoms with E-state index in [2.05, 4.69) is 21.2 Å². The van der Waals surface area contributed by atoms with Gasteiger partial charge in [-0.2, -0.15) is 0 Å². The molecule has 1 aromatic heterocycles. The Hall–Kier alpha value is -2.74. The molecule has 1 heterocycles. The smallest absolute Gasteiger partial charge is 0.281 e. The quantitative estimate of drug-likeness (QED) is 0.672. The minimum Gasteiger partial charge on any atom is -0.344 e. The minimum atomic E-state index is -0.636. The summed E-state index contributed by atoms with van der Waals surface area (Å²) in [4.78, 5) is 41.5. The molecule has 7 nitrogen and oxygen atoms in total. The summed E-state index contributed by atoms with van der Waals surface area (Å²) in [5, 5.41) is 3.46. The lowest BCUT2D eigenvalue weighted by Crippen LogP contribution is -2.54. The van der Waals surface area contributed by atoms with Crippen LogP contribution in [0.4, 0.5) is 0 Å². The highest BCUT2D eigenvalue weighted by atomic mass is 32.1. The highest BCUT2D eigenvalue weighted by Crippen LogP contribution is 2.28. The summed E-state index contributed by atoms with van der Waals surface area (Å²) in [6.07, 6.45) is 3.87. The molecule has 1 aliphatic carbocycles. The highest BCUT2D eigenvalue weighted by molar-refractivity contribution is 7.17. The summed E-state index contributed by atoms with van der Waals surface area (Å²) in [5.41, 5.74) is 6.46. The number of rotatable bonds is 5. The number of hydrogen-bond donors (Lipinski definition) is 3. The number of aryl methyl sites for hydroxylation is 1. The number of benzene rings is 1. The zero-order chi connectivity index (χ0) is 20.1. The van der Waals surface area contributed by atoms with Gasteiger partial charge in [0, 0.05) is 12.5 Å². The van der Waals surface area contributed by atoms with Gasteiger partial charge in [0.1, 0.15) is 15.9 Å². The molecule has 1 aromatic carbocycles. The van der Waals surface area contributed by atoms with Gasteiger partial charge >= 0.3 is 0 Å². The molecule has 0 bridgehead atoms. The van der Waals surface area contributed by atoms with Gasteiger partial charge in [-0.1, -0.05) is 43.2 Å². The van der Waals surface area contributed by atoms with E-state index < -0.39 is 17.9 Å². The molecule has 8 heteroatoms. The Morgan fingerprint density at radius 2 is 1.79 bits per heavy atom. The van der Waals surface area contributed by atoms with Crippen LogP contribution in [0, 0.1) is 12.8 Å². The van der Waals surface area contributed by atoms with E-state index in [1.807, 2.05) is 30.3 Å². The van der Waals surface area contributed by atoms with Gasteiger partial charge in [0.25, 0.3) is 11.8 Å². The van der Waals surface area contributed by atoms with Crippen LogP contribution in [0.3, 0.4) is 0 Å². The van der Waals surface area contributed by atoms with Crippen molar-refractivity contribution in [2.24, 2.45) is 5.92 Å². The molecule has 1 saturated carbocycles. The molecule has 0 aliphatic heterocycles. The molecule has 3 N–H and O–H groups in total. The summed E-state index contributed by atoms with van der Waals surface area (Å²) in [6.45, 7) is 3.15. The Kier molecular flexibility index (Phi) is 6.41. The first kappa shape index (κ1) is 20.0. The van der Waals surface area contributed by atoms with Crippen LogP contribution in [0.15, 0.2) is 30.3 Å². The lowest BCUT2D eigenvalue weighted by Gasteiger charge is -2.23. The van der Waals surface area contributed by atoms with E-state index in [1.165, 1.54) is 18.3 Å². The second-order valence-corrected chi connectivity index (χ2v) is 7.96. The Labute approximate surface area is 167 Å². The average Bonchev–Trinajstić information content (AvgIpc) is 3.34. The van der Waals surface area contributed by atoms with Crippen molar-refractivity contribution in [2.45, 2.75) is 45.6 Å². The van der Waals surface area contributed by atoms with Crippen LogP contribution in [0.1, 0.15) is 48.0 Å². The highest BCUT2D eigenvalue weighted by Gasteiger charge is 2.31. The first-order chi connectivity index (χ1) is 13.5. The molecule has 1 fully saturated rings. The van der Waals surface area contributed by atoms with Crippen molar-refractivity contribution < 1.29 is 14.4 Å². The lowest BCUT2D eigenvalue weighted by molar-refractivity contribution is -0.129. The Balaban J connectivity index is 1.65. The van der Waals surface area contributed by atoms with Crippen LogP contribution < -0.4 is 16.2 Å². The fourth-order valence-corrected chi connectivity index (χ4v) is 4.44. The maximum atomic E-state index is 12.6. The number of aromatic nitrogens is 1. The number of amides is 3. The molecule has 0 radical (unpaired) electrons. The third-order valence-electron chi connectivity index (χ3n) is 4.84. The van der Waals surface area contributed by atoms with Crippen LogP contribution in [-0.4, -0.2) is 28.7 Å². The van der Waals surface area contributed by atoms with E-state index >= 15 is 0 Å². The topological polar surface area (TPSA) is 100 Å². The van der Waals surface area contributed by atoms with E-state index in [1.54, 1.807) is 6.92 Å². The molecular formula is C20H24N4O3S. The zero-order valence-corrected chi connectivity index (χ0v) is 16.8. The second-order valence-electron chi connectivity index (χ2n) is 6.97. The fourth-order valence-electron chi connectivity index (χ4n) is 3.47. The summed E-state index contributed by atoms with van der Waals surface area (Å²) in [6, 6.07) is 8.97. The molecule has 0 spiro atoms. The van der Waals surface area contributed by atoms with Crippen molar-refractivity contribution >= 4 is 29.1 Å². The van der Waals surface area contributed by atoms with Gasteiger partial charge in [0.15, 0.2) is 0 Å². The van der Waals surface area contributed by atoms with Crippen molar-refractivity contribution in [3.05, 3.63) is 40.9 Å². The van der Waals surface area contributed by atoms with Gasteiger partial charge in [0.05, 0.1) is 5.69 Å². The Bertz CT molecular complexity index is 860. The third-order valence-corrected chi connectivity index (χ3v) is 6.04. The number of carbonyl (C=O) groups excluding carboxylic acids is 3. The summed E-state index contributed by atoms with van der Waals surface area (Å²) in [7, 11) is 0. The maximum Gasteiger partial charge on any atom is 0.281 e. The van der Waals surface area contributed by atoms with Gasteiger partial charge in [-0.05, 0) is 25.7 Å². The molecule has 148 valence electrons. The molecule has 1 unspecified atom stereocenters. The largest absolute Gasteiger partial charge is 0.344 e. The third kappa shape index (κ3) is 4.75. The molecule has 3 rings (SSSR count). The number of nitrogens with zero attached hydrogens (tertiary/aromatic N) is 1. The van der Waals surface area contributed by atoms with Crippen LogP contribution in [0.5, 0.6) is 0 Å². The number of thiazole rings is 1. The molecule has 0 saturated heterocycles. The molecular weight excluding hydrogens is 376 g/mol. The van der Waals surface area contributed by atoms with E-state index in [-0.39, 0.29) is 11.8 Å². The molecule has 28 heavy (non-hydrogen) atoms. The first-order valence-electron chi connectivity index (χ1n) is 9.36. The van der Waals surface area contributed by atoms with Gasteiger partial charge < -0.3 is 5.32 Å². The second kappa shape index (κ2) is 8.97. The molecule has 1 aliphatic rings. The monoisotopic (exact) mass is 400 g/mol. The molecule has 1 atom stereocenters. The van der Waals surface area contributed by atoms with Crippen molar-refractivity contribution in [1.29, 1.82) is 0 Å². The van der Waals surface area contributed by atoms with Gasteiger partial charge in [-0.15, -0.1) is 11.3 Å². The van der Waals surface area contributed by atoms with Gasteiger partial charge in [-0.3, -0.25) is 25.2 Å². The van der Waals surface area contributed by atoms with Gasteiger partial charge in [0.2, 0.25) is 5.91 Å². The number of carbonyl (C=O) groups is 3. The van der Waals surface area contributed by atoms with Crippen LogP contribution >= 0.6 is 11.3 Å². The molecule has 2 aromatic rings. The number of hydrazine groups is 1. The SMILES string of the molecule is CC(=O)NC(C(=O)NNC(=O)c1sc(-c2ccccc2)nc1C)C1CCCC1.